The van der Waals surface area contributed by atoms with Crippen molar-refractivity contribution in [3.05, 3.63) is 22.8 Å². The third-order valence-corrected chi connectivity index (χ3v) is 3.67. The summed E-state index contributed by atoms with van der Waals surface area (Å²) in [6.07, 6.45) is 0.904. The SMILES string of the molecule is CCC(C)C(=O)C(C)c1cc(O)c(C(=O)O)c(O)c1C=O. The lowest BCUT2D eigenvalue weighted by Crippen LogP contribution is -2.19. The number of rotatable bonds is 6. The van der Waals surface area contributed by atoms with Gasteiger partial charge in [-0.05, 0) is 18.1 Å². The Morgan fingerprint density at radius 3 is 2.29 bits per heavy atom. The lowest BCUT2D eigenvalue weighted by Gasteiger charge is -2.18. The average Bonchev–Trinajstić information content (AvgIpc) is 2.43. The Balaban J connectivity index is 3.48. The van der Waals surface area contributed by atoms with Crippen LogP contribution in [0.2, 0.25) is 0 Å². The minimum absolute atomic E-state index is 0.121. The van der Waals surface area contributed by atoms with E-state index >= 15 is 0 Å². The summed E-state index contributed by atoms with van der Waals surface area (Å²) in [7, 11) is 0. The zero-order valence-electron chi connectivity index (χ0n) is 12.1. The normalized spacial score (nSPS) is 13.5. The first kappa shape index (κ1) is 16.7. The van der Waals surface area contributed by atoms with Crippen molar-refractivity contribution in [2.75, 3.05) is 0 Å². The fourth-order valence-electron chi connectivity index (χ4n) is 2.16. The predicted octanol–water partition coefficient (Wildman–Crippen LogP) is 2.33. The van der Waals surface area contributed by atoms with Gasteiger partial charge in [0.05, 0.1) is 5.56 Å². The quantitative estimate of drug-likeness (QED) is 0.694. The molecule has 1 aromatic carbocycles. The van der Waals surface area contributed by atoms with Gasteiger partial charge in [0.2, 0.25) is 0 Å². The van der Waals surface area contributed by atoms with Crippen LogP contribution in [-0.4, -0.2) is 33.4 Å². The van der Waals surface area contributed by atoms with E-state index in [0.29, 0.717) is 6.42 Å². The number of phenols is 2. The monoisotopic (exact) mass is 294 g/mol. The van der Waals surface area contributed by atoms with Crippen molar-refractivity contribution < 1.29 is 29.7 Å². The number of carboxylic acids is 1. The van der Waals surface area contributed by atoms with Crippen molar-refractivity contribution in [3.63, 3.8) is 0 Å². The molecule has 6 heteroatoms. The van der Waals surface area contributed by atoms with Crippen LogP contribution in [0.15, 0.2) is 6.07 Å². The van der Waals surface area contributed by atoms with Gasteiger partial charge in [0.25, 0.3) is 0 Å². The zero-order chi connectivity index (χ0) is 16.3. The van der Waals surface area contributed by atoms with Crippen LogP contribution in [0.25, 0.3) is 0 Å². The van der Waals surface area contributed by atoms with Gasteiger partial charge in [-0.2, -0.15) is 0 Å². The van der Waals surface area contributed by atoms with Crippen molar-refractivity contribution in [1.29, 1.82) is 0 Å². The second-order valence-corrected chi connectivity index (χ2v) is 4.98. The van der Waals surface area contributed by atoms with Crippen LogP contribution in [0.4, 0.5) is 0 Å². The first-order chi connectivity index (χ1) is 9.76. The molecule has 0 amide bonds. The molecule has 0 radical (unpaired) electrons. The first-order valence-corrected chi connectivity index (χ1v) is 6.57. The Morgan fingerprint density at radius 1 is 1.29 bits per heavy atom. The van der Waals surface area contributed by atoms with E-state index in [1.54, 1.807) is 13.8 Å². The van der Waals surface area contributed by atoms with Crippen LogP contribution in [0, 0.1) is 5.92 Å². The molecule has 0 spiro atoms. The molecule has 6 nitrogen and oxygen atoms in total. The summed E-state index contributed by atoms with van der Waals surface area (Å²) in [4.78, 5) is 34.3. The summed E-state index contributed by atoms with van der Waals surface area (Å²) >= 11 is 0. The van der Waals surface area contributed by atoms with E-state index in [-0.39, 0.29) is 29.1 Å². The maximum atomic E-state index is 12.2. The third-order valence-electron chi connectivity index (χ3n) is 3.67. The van der Waals surface area contributed by atoms with E-state index in [1.807, 2.05) is 6.92 Å². The Morgan fingerprint density at radius 2 is 1.86 bits per heavy atom. The van der Waals surface area contributed by atoms with Crippen LogP contribution >= 0.6 is 0 Å². The molecule has 1 aromatic rings. The molecule has 0 saturated heterocycles. The molecule has 0 aliphatic rings. The molecule has 3 N–H and O–H groups in total. The van der Waals surface area contributed by atoms with E-state index in [9.17, 15) is 24.6 Å². The molecule has 1 rings (SSSR count). The van der Waals surface area contributed by atoms with E-state index in [0.717, 1.165) is 6.07 Å². The highest BCUT2D eigenvalue weighted by molar-refractivity contribution is 6.00. The lowest BCUT2D eigenvalue weighted by molar-refractivity contribution is -0.123. The number of aldehydes is 1. The van der Waals surface area contributed by atoms with Gasteiger partial charge in [0.1, 0.15) is 22.8 Å². The van der Waals surface area contributed by atoms with E-state index in [4.69, 9.17) is 5.11 Å². The van der Waals surface area contributed by atoms with Crippen LogP contribution in [0.1, 0.15) is 59.4 Å². The molecule has 0 fully saturated rings. The summed E-state index contributed by atoms with van der Waals surface area (Å²) < 4.78 is 0. The number of aromatic carboxylic acids is 1. The highest BCUT2D eigenvalue weighted by atomic mass is 16.4. The Kier molecular flexibility index (Phi) is 5.07. The molecular formula is C15H18O6. The van der Waals surface area contributed by atoms with Crippen molar-refractivity contribution in [2.45, 2.75) is 33.1 Å². The standard InChI is InChI=1S/C15H18O6/c1-4-7(2)13(18)8(3)9-5-11(17)12(15(20)21)14(19)10(9)6-16/h5-8,17,19H,4H2,1-3H3,(H,20,21). The number of hydrogen-bond donors (Lipinski definition) is 3. The van der Waals surface area contributed by atoms with Crippen molar-refractivity contribution >= 4 is 18.0 Å². The largest absolute Gasteiger partial charge is 0.507 e. The van der Waals surface area contributed by atoms with Gasteiger partial charge < -0.3 is 15.3 Å². The summed E-state index contributed by atoms with van der Waals surface area (Å²) in [6, 6.07) is 1.05. The summed E-state index contributed by atoms with van der Waals surface area (Å²) in [5.41, 5.74) is -0.909. The molecule has 21 heavy (non-hydrogen) atoms. The maximum Gasteiger partial charge on any atom is 0.343 e. The topological polar surface area (TPSA) is 112 Å². The zero-order valence-corrected chi connectivity index (χ0v) is 12.1. The molecule has 0 saturated carbocycles. The first-order valence-electron chi connectivity index (χ1n) is 6.57. The lowest BCUT2D eigenvalue weighted by atomic mass is 9.85. The van der Waals surface area contributed by atoms with Crippen molar-refractivity contribution in [1.82, 2.24) is 0 Å². The minimum atomic E-state index is -1.56. The molecule has 0 aliphatic carbocycles. The Bertz CT molecular complexity index is 590. The summed E-state index contributed by atoms with van der Waals surface area (Å²) in [5, 5.41) is 28.5. The highest BCUT2D eigenvalue weighted by Gasteiger charge is 2.28. The van der Waals surface area contributed by atoms with Gasteiger partial charge in [-0.25, -0.2) is 4.79 Å². The fraction of sp³-hybridized carbons (Fsp3) is 0.400. The molecule has 0 aromatic heterocycles. The smallest absolute Gasteiger partial charge is 0.343 e. The Labute approximate surface area is 122 Å². The molecule has 0 bridgehead atoms. The van der Waals surface area contributed by atoms with Crippen LogP contribution in [0.5, 0.6) is 11.5 Å². The van der Waals surface area contributed by atoms with Gasteiger partial charge in [0.15, 0.2) is 6.29 Å². The number of ketones is 1. The number of carboxylic acid groups (broad SMARTS) is 1. The van der Waals surface area contributed by atoms with E-state index in [2.05, 4.69) is 0 Å². The molecule has 114 valence electrons. The number of carbonyl (C=O) groups is 3. The Hall–Kier alpha value is -2.37. The number of carbonyl (C=O) groups excluding carboxylic acids is 2. The van der Waals surface area contributed by atoms with Crippen LogP contribution in [0.3, 0.4) is 0 Å². The van der Waals surface area contributed by atoms with Gasteiger partial charge in [0, 0.05) is 11.8 Å². The number of aromatic hydroxyl groups is 2. The molecular weight excluding hydrogens is 276 g/mol. The van der Waals surface area contributed by atoms with Gasteiger partial charge >= 0.3 is 5.97 Å². The highest BCUT2D eigenvalue weighted by Crippen LogP contribution is 2.37. The molecule has 2 atom stereocenters. The molecule has 0 heterocycles. The van der Waals surface area contributed by atoms with Gasteiger partial charge in [-0.3, -0.25) is 9.59 Å². The van der Waals surface area contributed by atoms with Gasteiger partial charge in [-0.1, -0.05) is 20.8 Å². The molecule has 2 unspecified atom stereocenters. The van der Waals surface area contributed by atoms with Crippen molar-refractivity contribution in [2.24, 2.45) is 5.92 Å². The van der Waals surface area contributed by atoms with Crippen molar-refractivity contribution in [3.8, 4) is 11.5 Å². The predicted molar refractivity (Wildman–Crippen MR) is 75.0 cm³/mol. The summed E-state index contributed by atoms with van der Waals surface area (Å²) in [5.74, 6) is -4.19. The third kappa shape index (κ3) is 3.04. The van der Waals surface area contributed by atoms with Gasteiger partial charge in [-0.15, -0.1) is 0 Å². The van der Waals surface area contributed by atoms with Crippen LogP contribution < -0.4 is 0 Å². The minimum Gasteiger partial charge on any atom is -0.507 e. The number of benzene rings is 1. The maximum absolute atomic E-state index is 12.2. The van der Waals surface area contributed by atoms with E-state index < -0.39 is 28.9 Å². The second-order valence-electron chi connectivity index (χ2n) is 4.98. The summed E-state index contributed by atoms with van der Waals surface area (Å²) in [6.45, 7) is 5.14. The number of Topliss-reactive ketones (excluding diaryl/α,β-unsaturated/α-hetero) is 1. The van der Waals surface area contributed by atoms with Crippen LogP contribution in [-0.2, 0) is 4.79 Å². The fourth-order valence-corrected chi connectivity index (χ4v) is 2.16. The average molecular weight is 294 g/mol. The number of hydrogen-bond acceptors (Lipinski definition) is 5. The second kappa shape index (κ2) is 6.39. The van der Waals surface area contributed by atoms with E-state index in [1.165, 1.54) is 0 Å². The molecule has 0 aliphatic heterocycles.